The molecule has 154 valence electrons. The number of carbonyl (C=O) groups excluding carboxylic acids is 2. The lowest BCUT2D eigenvalue weighted by molar-refractivity contribution is -0.122. The van der Waals surface area contributed by atoms with Gasteiger partial charge in [0.1, 0.15) is 0 Å². The van der Waals surface area contributed by atoms with Gasteiger partial charge in [-0.1, -0.05) is 17.7 Å². The van der Waals surface area contributed by atoms with Gasteiger partial charge in [-0.15, -0.1) is 0 Å². The van der Waals surface area contributed by atoms with Crippen molar-refractivity contribution in [1.29, 1.82) is 0 Å². The fourth-order valence-electron chi connectivity index (χ4n) is 3.51. The molecule has 3 heterocycles. The Labute approximate surface area is 175 Å². The van der Waals surface area contributed by atoms with Gasteiger partial charge < -0.3 is 10.2 Å². The van der Waals surface area contributed by atoms with E-state index in [1.165, 1.54) is 0 Å². The van der Waals surface area contributed by atoms with Gasteiger partial charge in [0, 0.05) is 24.3 Å². The second-order valence-electron chi connectivity index (χ2n) is 7.71. The predicted molar refractivity (Wildman–Crippen MR) is 114 cm³/mol. The van der Waals surface area contributed by atoms with Gasteiger partial charge in [-0.3, -0.25) is 9.59 Å². The molecular formula is C22H24N6O2. The maximum Gasteiger partial charge on any atom is 0.250 e. The Balaban J connectivity index is 1.43. The van der Waals surface area contributed by atoms with E-state index in [-0.39, 0.29) is 18.2 Å². The Morgan fingerprint density at radius 1 is 1.07 bits per heavy atom. The summed E-state index contributed by atoms with van der Waals surface area (Å²) in [6, 6.07) is 7.72. The number of nitrogens with zero attached hydrogens (tertiary/aromatic N) is 5. The highest BCUT2D eigenvalue weighted by molar-refractivity contribution is 6.03. The summed E-state index contributed by atoms with van der Waals surface area (Å²) < 4.78 is 1.69. The minimum absolute atomic E-state index is 0.0505. The van der Waals surface area contributed by atoms with Crippen molar-refractivity contribution in [2.24, 2.45) is 5.92 Å². The zero-order valence-electron chi connectivity index (χ0n) is 17.5. The van der Waals surface area contributed by atoms with Crippen molar-refractivity contribution in [3.63, 3.8) is 0 Å². The van der Waals surface area contributed by atoms with Crippen LogP contribution in [0.4, 0.5) is 11.4 Å². The number of anilines is 2. The summed E-state index contributed by atoms with van der Waals surface area (Å²) in [5.41, 5.74) is 5.43. The van der Waals surface area contributed by atoms with Crippen molar-refractivity contribution in [3.05, 3.63) is 59.2 Å². The first-order chi connectivity index (χ1) is 14.3. The molecule has 0 spiro atoms. The fourth-order valence-corrected chi connectivity index (χ4v) is 3.51. The third-order valence-corrected chi connectivity index (χ3v) is 5.59. The first kappa shape index (κ1) is 19.8. The van der Waals surface area contributed by atoms with Crippen LogP contribution >= 0.6 is 0 Å². The summed E-state index contributed by atoms with van der Waals surface area (Å²) in [7, 11) is 0. The standard InChI is InChI=1S/C22H24N6O2/c1-13-5-7-19(8-6-13)27-12-17(9-20(27)29)21(30)25-18-10-23-22(24-11-18)28-16(4)14(2)15(3)26-28/h5-8,10-11,17H,9,12H2,1-4H3,(H,25,30). The molecule has 4 rings (SSSR count). The minimum Gasteiger partial charge on any atom is -0.323 e. The topological polar surface area (TPSA) is 93.0 Å². The molecule has 1 atom stereocenters. The molecule has 2 aromatic heterocycles. The third kappa shape index (κ3) is 3.68. The van der Waals surface area contributed by atoms with Gasteiger partial charge in [-0.05, 0) is 45.4 Å². The normalized spacial score (nSPS) is 16.2. The number of carbonyl (C=O) groups is 2. The molecule has 0 aliphatic carbocycles. The van der Waals surface area contributed by atoms with E-state index in [4.69, 9.17) is 0 Å². The fraction of sp³-hybridized carbons (Fsp3) is 0.318. The van der Waals surface area contributed by atoms with E-state index in [0.717, 1.165) is 28.2 Å². The van der Waals surface area contributed by atoms with Crippen LogP contribution in [-0.2, 0) is 9.59 Å². The molecule has 30 heavy (non-hydrogen) atoms. The summed E-state index contributed by atoms with van der Waals surface area (Å²) in [5, 5.41) is 7.27. The smallest absolute Gasteiger partial charge is 0.250 e. The Morgan fingerprint density at radius 2 is 1.73 bits per heavy atom. The van der Waals surface area contributed by atoms with E-state index in [0.29, 0.717) is 18.2 Å². The first-order valence-corrected chi connectivity index (χ1v) is 9.86. The van der Waals surface area contributed by atoms with Crippen LogP contribution < -0.4 is 10.2 Å². The predicted octanol–water partition coefficient (Wildman–Crippen LogP) is 2.89. The Hall–Kier alpha value is -3.55. The van der Waals surface area contributed by atoms with Crippen LogP contribution in [0.1, 0.15) is 28.9 Å². The van der Waals surface area contributed by atoms with Crippen molar-refractivity contribution in [1.82, 2.24) is 19.7 Å². The summed E-state index contributed by atoms with van der Waals surface area (Å²) in [6.07, 6.45) is 3.30. The molecule has 1 fully saturated rings. The third-order valence-electron chi connectivity index (χ3n) is 5.59. The lowest BCUT2D eigenvalue weighted by atomic mass is 10.1. The average molecular weight is 404 g/mol. The molecule has 8 heteroatoms. The SMILES string of the molecule is Cc1ccc(N2CC(C(=O)Nc3cnc(-n4nc(C)c(C)c4C)nc3)CC2=O)cc1. The van der Waals surface area contributed by atoms with Crippen molar-refractivity contribution in [2.75, 3.05) is 16.8 Å². The van der Waals surface area contributed by atoms with Gasteiger partial charge in [0.25, 0.3) is 5.95 Å². The van der Waals surface area contributed by atoms with Crippen LogP contribution in [0.15, 0.2) is 36.7 Å². The minimum atomic E-state index is -0.419. The van der Waals surface area contributed by atoms with E-state index in [1.807, 2.05) is 52.0 Å². The molecule has 0 radical (unpaired) electrons. The molecule has 8 nitrogen and oxygen atoms in total. The van der Waals surface area contributed by atoms with Crippen molar-refractivity contribution in [2.45, 2.75) is 34.1 Å². The van der Waals surface area contributed by atoms with Gasteiger partial charge in [0.05, 0.1) is 29.7 Å². The van der Waals surface area contributed by atoms with Crippen LogP contribution in [0.2, 0.25) is 0 Å². The zero-order valence-corrected chi connectivity index (χ0v) is 17.5. The summed E-state index contributed by atoms with van der Waals surface area (Å²) in [4.78, 5) is 35.4. The molecule has 1 aliphatic heterocycles. The summed E-state index contributed by atoms with van der Waals surface area (Å²) in [5.74, 6) is -0.234. The number of nitrogens with one attached hydrogen (secondary N) is 1. The van der Waals surface area contributed by atoms with E-state index in [1.54, 1.807) is 22.0 Å². The summed E-state index contributed by atoms with van der Waals surface area (Å²) >= 11 is 0. The second kappa shape index (κ2) is 7.70. The first-order valence-electron chi connectivity index (χ1n) is 9.86. The number of rotatable bonds is 4. The van der Waals surface area contributed by atoms with Crippen LogP contribution in [0, 0.1) is 33.6 Å². The van der Waals surface area contributed by atoms with Crippen LogP contribution in [0.25, 0.3) is 5.95 Å². The van der Waals surface area contributed by atoms with Gasteiger partial charge in [-0.25, -0.2) is 14.6 Å². The monoisotopic (exact) mass is 404 g/mol. The number of aryl methyl sites for hydroxylation is 2. The van der Waals surface area contributed by atoms with E-state index in [9.17, 15) is 9.59 Å². The molecule has 0 bridgehead atoms. The highest BCUT2D eigenvalue weighted by atomic mass is 16.2. The van der Waals surface area contributed by atoms with Gasteiger partial charge in [0.2, 0.25) is 11.8 Å². The van der Waals surface area contributed by atoms with Crippen molar-refractivity contribution < 1.29 is 9.59 Å². The Morgan fingerprint density at radius 3 is 2.33 bits per heavy atom. The number of benzene rings is 1. The van der Waals surface area contributed by atoms with E-state index >= 15 is 0 Å². The summed E-state index contributed by atoms with van der Waals surface area (Å²) in [6.45, 7) is 8.26. The number of amides is 2. The molecule has 3 aromatic rings. The molecule has 2 amide bonds. The number of aromatic nitrogens is 4. The average Bonchev–Trinajstić information content (AvgIpc) is 3.24. The maximum absolute atomic E-state index is 12.7. The largest absolute Gasteiger partial charge is 0.323 e. The number of hydrogen-bond acceptors (Lipinski definition) is 5. The van der Waals surface area contributed by atoms with Crippen LogP contribution in [0.5, 0.6) is 0 Å². The number of hydrogen-bond donors (Lipinski definition) is 1. The lowest BCUT2D eigenvalue weighted by Crippen LogP contribution is -2.28. The Bertz CT molecular complexity index is 1100. The van der Waals surface area contributed by atoms with Gasteiger partial charge in [0.15, 0.2) is 0 Å². The maximum atomic E-state index is 12.7. The van der Waals surface area contributed by atoms with Crippen LogP contribution in [-0.4, -0.2) is 38.1 Å². The van der Waals surface area contributed by atoms with Crippen molar-refractivity contribution in [3.8, 4) is 5.95 Å². The highest BCUT2D eigenvalue weighted by Gasteiger charge is 2.35. The molecular weight excluding hydrogens is 380 g/mol. The van der Waals surface area contributed by atoms with Gasteiger partial charge in [-0.2, -0.15) is 5.10 Å². The molecule has 1 N–H and O–H groups in total. The lowest BCUT2D eigenvalue weighted by Gasteiger charge is -2.17. The molecule has 1 aliphatic rings. The van der Waals surface area contributed by atoms with Crippen molar-refractivity contribution >= 4 is 23.2 Å². The van der Waals surface area contributed by atoms with Gasteiger partial charge >= 0.3 is 0 Å². The molecule has 1 saturated heterocycles. The quantitative estimate of drug-likeness (QED) is 0.722. The van der Waals surface area contributed by atoms with E-state index < -0.39 is 5.92 Å². The molecule has 1 aromatic carbocycles. The Kier molecular flexibility index (Phi) is 5.07. The van der Waals surface area contributed by atoms with E-state index in [2.05, 4.69) is 20.4 Å². The second-order valence-corrected chi connectivity index (χ2v) is 7.71. The van der Waals surface area contributed by atoms with Crippen LogP contribution in [0.3, 0.4) is 0 Å². The molecule has 0 saturated carbocycles. The zero-order chi connectivity index (χ0) is 21.4. The molecule has 1 unspecified atom stereocenters. The highest BCUT2D eigenvalue weighted by Crippen LogP contribution is 2.26.